The molecule has 0 aliphatic carbocycles. The highest BCUT2D eigenvalue weighted by Crippen LogP contribution is 2.29. The average Bonchev–Trinajstić information content (AvgIpc) is 2.37. The Morgan fingerprint density at radius 3 is 2.90 bits per heavy atom. The van der Waals surface area contributed by atoms with E-state index in [0.717, 1.165) is 6.07 Å². The van der Waals surface area contributed by atoms with E-state index in [9.17, 15) is 13.2 Å². The number of nitriles is 1. The summed E-state index contributed by atoms with van der Waals surface area (Å²) in [4.78, 5) is 5.12. The van der Waals surface area contributed by atoms with Crippen molar-refractivity contribution in [2.45, 2.75) is 18.8 Å². The third-order valence-electron chi connectivity index (χ3n) is 2.85. The summed E-state index contributed by atoms with van der Waals surface area (Å²) in [6.45, 7) is 1.56. The fraction of sp³-hybridized carbons (Fsp3) is 0.500. The molecule has 1 fully saturated rings. The molecule has 1 aliphatic heterocycles. The lowest BCUT2D eigenvalue weighted by atomic mass is 10.2. The first-order chi connectivity index (χ1) is 9.38. The minimum absolute atomic E-state index is 0.195. The summed E-state index contributed by atoms with van der Waals surface area (Å²) in [7, 11) is 0. The summed E-state index contributed by atoms with van der Waals surface area (Å²) in [5.74, 6) is 0. The zero-order valence-corrected chi connectivity index (χ0v) is 11.1. The zero-order chi connectivity index (χ0) is 14.8. The van der Waals surface area contributed by atoms with Crippen LogP contribution in [0.2, 0.25) is 5.15 Å². The molecule has 1 aromatic heterocycles. The van der Waals surface area contributed by atoms with E-state index in [2.05, 4.69) is 4.98 Å². The lowest BCUT2D eigenvalue weighted by molar-refractivity contribution is -0.141. The van der Waals surface area contributed by atoms with E-state index in [0.29, 0.717) is 25.3 Å². The molecule has 0 amide bonds. The molecule has 0 aromatic carbocycles. The molecule has 20 heavy (non-hydrogen) atoms. The van der Waals surface area contributed by atoms with Gasteiger partial charge in [0.2, 0.25) is 0 Å². The monoisotopic (exact) mass is 305 g/mol. The molecule has 0 bridgehead atoms. The van der Waals surface area contributed by atoms with Crippen LogP contribution in [0.15, 0.2) is 12.1 Å². The molecule has 1 unspecified atom stereocenters. The predicted octanol–water partition coefficient (Wildman–Crippen LogP) is 2.48. The van der Waals surface area contributed by atoms with Crippen LogP contribution in [0, 0.1) is 11.3 Å². The Morgan fingerprint density at radius 1 is 1.50 bits per heavy atom. The highest BCUT2D eigenvalue weighted by molar-refractivity contribution is 6.29. The number of ether oxygens (including phenoxy) is 1. The lowest BCUT2D eigenvalue weighted by Crippen LogP contribution is -2.41. The first kappa shape index (κ1) is 15.0. The van der Waals surface area contributed by atoms with Crippen molar-refractivity contribution in [3.63, 3.8) is 0 Å². The Kier molecular flexibility index (Phi) is 4.48. The predicted molar refractivity (Wildman–Crippen MR) is 64.9 cm³/mol. The normalized spacial score (nSPS) is 20.6. The van der Waals surface area contributed by atoms with Gasteiger partial charge in [-0.2, -0.15) is 18.4 Å². The van der Waals surface area contributed by atoms with E-state index >= 15 is 0 Å². The second-order valence-electron chi connectivity index (χ2n) is 4.40. The maximum atomic E-state index is 12.6. The molecule has 0 spiro atoms. The van der Waals surface area contributed by atoms with Crippen LogP contribution in [0.5, 0.6) is 0 Å². The van der Waals surface area contributed by atoms with Crippen LogP contribution >= 0.6 is 11.6 Å². The van der Waals surface area contributed by atoms with E-state index in [1.807, 2.05) is 11.0 Å². The van der Waals surface area contributed by atoms with Crippen molar-refractivity contribution in [2.24, 2.45) is 0 Å². The summed E-state index contributed by atoms with van der Waals surface area (Å²) in [5.41, 5.74) is -0.596. The summed E-state index contributed by atoms with van der Waals surface area (Å²) < 4.78 is 43.1. The van der Waals surface area contributed by atoms with Crippen molar-refractivity contribution in [2.75, 3.05) is 19.7 Å². The molecule has 2 heterocycles. The molecule has 0 N–H and O–H groups in total. The number of hydrogen-bond acceptors (Lipinski definition) is 4. The number of morpholine rings is 1. The number of nitrogens with zero attached hydrogens (tertiary/aromatic N) is 3. The van der Waals surface area contributed by atoms with Gasteiger partial charge in [-0.25, -0.2) is 4.98 Å². The Bertz CT molecular complexity index is 530. The van der Waals surface area contributed by atoms with Crippen LogP contribution in [0.1, 0.15) is 11.3 Å². The molecular weight excluding hydrogens is 295 g/mol. The standard InChI is InChI=1S/C12H11ClF3N3O/c13-11-4-8(3-10(18-11)12(14,15)16)6-19-1-2-20-9(5-17)7-19/h3-4,9H,1-2,6-7H2. The van der Waals surface area contributed by atoms with Gasteiger partial charge in [-0.15, -0.1) is 0 Å². The van der Waals surface area contributed by atoms with Crippen molar-refractivity contribution in [3.05, 3.63) is 28.5 Å². The average molecular weight is 306 g/mol. The van der Waals surface area contributed by atoms with Gasteiger partial charge in [0.15, 0.2) is 6.10 Å². The van der Waals surface area contributed by atoms with Crippen LogP contribution in [-0.2, 0) is 17.5 Å². The molecule has 4 nitrogen and oxygen atoms in total. The van der Waals surface area contributed by atoms with E-state index in [1.54, 1.807) is 0 Å². The maximum Gasteiger partial charge on any atom is 0.433 e. The molecule has 2 rings (SSSR count). The summed E-state index contributed by atoms with van der Waals surface area (Å²) in [6, 6.07) is 4.36. The van der Waals surface area contributed by atoms with Crippen LogP contribution < -0.4 is 0 Å². The van der Waals surface area contributed by atoms with Gasteiger partial charge in [-0.1, -0.05) is 11.6 Å². The third-order valence-corrected chi connectivity index (χ3v) is 3.04. The number of rotatable bonds is 2. The minimum atomic E-state index is -4.53. The van der Waals surface area contributed by atoms with Gasteiger partial charge in [0.05, 0.1) is 12.7 Å². The first-order valence-electron chi connectivity index (χ1n) is 5.85. The number of alkyl halides is 3. The van der Waals surface area contributed by atoms with Gasteiger partial charge < -0.3 is 4.74 Å². The molecule has 0 saturated carbocycles. The Labute approximate surface area is 118 Å². The largest absolute Gasteiger partial charge is 0.433 e. The van der Waals surface area contributed by atoms with Gasteiger partial charge in [-0.05, 0) is 17.7 Å². The molecule has 1 aliphatic rings. The van der Waals surface area contributed by atoms with E-state index in [-0.39, 0.29) is 11.7 Å². The summed E-state index contributed by atoms with van der Waals surface area (Å²) in [6.07, 6.45) is -5.08. The van der Waals surface area contributed by atoms with Gasteiger partial charge in [0.25, 0.3) is 0 Å². The Balaban J connectivity index is 2.13. The fourth-order valence-corrected chi connectivity index (χ4v) is 2.20. The molecular formula is C12H11ClF3N3O. The van der Waals surface area contributed by atoms with Crippen molar-refractivity contribution in [3.8, 4) is 6.07 Å². The Hall–Kier alpha value is -1.36. The van der Waals surface area contributed by atoms with Gasteiger partial charge in [0, 0.05) is 19.6 Å². The second-order valence-corrected chi connectivity index (χ2v) is 4.79. The Morgan fingerprint density at radius 2 is 2.25 bits per heavy atom. The smallest absolute Gasteiger partial charge is 0.361 e. The highest BCUT2D eigenvalue weighted by atomic mass is 35.5. The molecule has 1 saturated heterocycles. The summed E-state index contributed by atoms with van der Waals surface area (Å²) in [5, 5.41) is 8.59. The molecule has 1 atom stereocenters. The van der Waals surface area contributed by atoms with Crippen LogP contribution in [0.3, 0.4) is 0 Å². The zero-order valence-electron chi connectivity index (χ0n) is 10.3. The maximum absolute atomic E-state index is 12.6. The third kappa shape index (κ3) is 3.82. The van der Waals surface area contributed by atoms with Crippen LogP contribution in [-0.4, -0.2) is 35.7 Å². The lowest BCUT2D eigenvalue weighted by Gasteiger charge is -2.29. The summed E-state index contributed by atoms with van der Waals surface area (Å²) >= 11 is 5.62. The fourth-order valence-electron chi connectivity index (χ4n) is 1.97. The van der Waals surface area contributed by atoms with Gasteiger partial charge in [0.1, 0.15) is 10.8 Å². The quantitative estimate of drug-likeness (QED) is 0.788. The van der Waals surface area contributed by atoms with Crippen molar-refractivity contribution >= 4 is 11.6 Å². The number of pyridine rings is 1. The topological polar surface area (TPSA) is 49.2 Å². The van der Waals surface area contributed by atoms with Crippen LogP contribution in [0.25, 0.3) is 0 Å². The van der Waals surface area contributed by atoms with Gasteiger partial charge in [-0.3, -0.25) is 4.90 Å². The molecule has 108 valence electrons. The van der Waals surface area contributed by atoms with Gasteiger partial charge >= 0.3 is 6.18 Å². The SMILES string of the molecule is N#CC1CN(Cc2cc(Cl)nc(C(F)(F)F)c2)CCO1. The number of halogens is 4. The second kappa shape index (κ2) is 5.95. The molecule has 8 heteroatoms. The van der Waals surface area contributed by atoms with Crippen molar-refractivity contribution < 1.29 is 17.9 Å². The molecule has 0 radical (unpaired) electrons. The highest BCUT2D eigenvalue weighted by Gasteiger charge is 2.33. The van der Waals surface area contributed by atoms with Crippen molar-refractivity contribution in [1.29, 1.82) is 5.26 Å². The van der Waals surface area contributed by atoms with Crippen molar-refractivity contribution in [1.82, 2.24) is 9.88 Å². The van der Waals surface area contributed by atoms with E-state index in [1.165, 1.54) is 6.07 Å². The minimum Gasteiger partial charge on any atom is -0.361 e. The number of aromatic nitrogens is 1. The van der Waals surface area contributed by atoms with E-state index < -0.39 is 18.0 Å². The van der Waals surface area contributed by atoms with E-state index in [4.69, 9.17) is 21.6 Å². The van der Waals surface area contributed by atoms with Crippen LogP contribution in [0.4, 0.5) is 13.2 Å². The molecule has 1 aromatic rings. The first-order valence-corrected chi connectivity index (χ1v) is 6.23. The number of hydrogen-bond donors (Lipinski definition) is 0.